The van der Waals surface area contributed by atoms with Crippen LogP contribution in [0.25, 0.3) is 0 Å². The number of pyridine rings is 1. The van der Waals surface area contributed by atoms with Crippen LogP contribution in [0, 0.1) is 0 Å². The van der Waals surface area contributed by atoms with E-state index in [-0.39, 0.29) is 5.41 Å². The molecule has 1 heterocycles. The van der Waals surface area contributed by atoms with Gasteiger partial charge in [0, 0.05) is 16.9 Å². The van der Waals surface area contributed by atoms with Crippen LogP contribution in [-0.2, 0) is 5.41 Å². The summed E-state index contributed by atoms with van der Waals surface area (Å²) in [4.78, 5) is 4.34. The summed E-state index contributed by atoms with van der Waals surface area (Å²) in [7, 11) is 1.67. The quantitative estimate of drug-likeness (QED) is 0.763. The van der Waals surface area contributed by atoms with Gasteiger partial charge in [0.15, 0.2) is 0 Å². The molecule has 2 nitrogen and oxygen atoms in total. The first-order valence-corrected chi connectivity index (χ1v) is 5.29. The van der Waals surface area contributed by atoms with Crippen molar-refractivity contribution in [1.29, 1.82) is 0 Å². The van der Waals surface area contributed by atoms with E-state index in [1.807, 2.05) is 12.1 Å². The van der Waals surface area contributed by atoms with Gasteiger partial charge in [-0.3, -0.25) is 4.98 Å². The molecule has 0 amide bonds. The number of hydrogen-bond acceptors (Lipinski definition) is 2. The summed E-state index contributed by atoms with van der Waals surface area (Å²) >= 11 is 3.48. The fourth-order valence-electron chi connectivity index (χ4n) is 1.13. The summed E-state index contributed by atoms with van der Waals surface area (Å²) in [6.45, 7) is 4.26. The van der Waals surface area contributed by atoms with Crippen LogP contribution in [0.4, 0.5) is 0 Å². The predicted octanol–water partition coefficient (Wildman–Crippen LogP) is 2.76. The molecule has 0 bridgehead atoms. The van der Waals surface area contributed by atoms with E-state index in [0.717, 1.165) is 16.8 Å². The highest BCUT2D eigenvalue weighted by Gasteiger charge is 2.24. The lowest BCUT2D eigenvalue weighted by atomic mass is 9.91. The molecule has 0 aliphatic heterocycles. The van der Waals surface area contributed by atoms with Crippen LogP contribution < -0.4 is 4.74 Å². The van der Waals surface area contributed by atoms with Gasteiger partial charge in [-0.15, -0.1) is 0 Å². The number of alkyl halides is 1. The predicted molar refractivity (Wildman–Crippen MR) is 57.6 cm³/mol. The molecule has 0 aromatic carbocycles. The second-order valence-corrected chi connectivity index (χ2v) is 4.13. The minimum Gasteiger partial charge on any atom is -0.495 e. The number of methoxy groups -OCH3 is 1. The maximum atomic E-state index is 5.25. The fraction of sp³-hybridized carbons (Fsp3) is 0.500. The van der Waals surface area contributed by atoms with Gasteiger partial charge in [0.1, 0.15) is 5.75 Å². The van der Waals surface area contributed by atoms with Gasteiger partial charge in [0.25, 0.3) is 0 Å². The standard InChI is InChI=1S/C10H14BrNO/c1-10(2,7-11)9-8(13-3)5-4-6-12-9/h4-6H,7H2,1-3H3. The van der Waals surface area contributed by atoms with Gasteiger partial charge in [-0.05, 0) is 12.1 Å². The molecular formula is C10H14BrNO. The second-order valence-electron chi connectivity index (χ2n) is 3.57. The average molecular weight is 244 g/mol. The molecule has 0 spiro atoms. The minimum atomic E-state index is 0.00655. The molecule has 0 aliphatic rings. The molecule has 1 aromatic heterocycles. The lowest BCUT2D eigenvalue weighted by molar-refractivity contribution is 0.393. The van der Waals surface area contributed by atoms with E-state index in [1.54, 1.807) is 13.3 Å². The molecule has 1 aromatic rings. The van der Waals surface area contributed by atoms with Gasteiger partial charge in [-0.1, -0.05) is 29.8 Å². The zero-order valence-electron chi connectivity index (χ0n) is 8.17. The highest BCUT2D eigenvalue weighted by atomic mass is 79.9. The lowest BCUT2D eigenvalue weighted by Gasteiger charge is -2.22. The summed E-state index contributed by atoms with van der Waals surface area (Å²) in [5, 5.41) is 0.868. The third-order valence-electron chi connectivity index (χ3n) is 1.97. The molecule has 0 radical (unpaired) electrons. The van der Waals surface area contributed by atoms with Crippen molar-refractivity contribution in [2.24, 2.45) is 0 Å². The van der Waals surface area contributed by atoms with Crippen molar-refractivity contribution in [2.45, 2.75) is 19.3 Å². The van der Waals surface area contributed by atoms with Crippen molar-refractivity contribution in [2.75, 3.05) is 12.4 Å². The Kier molecular flexibility index (Phi) is 3.31. The van der Waals surface area contributed by atoms with E-state index in [1.165, 1.54) is 0 Å². The van der Waals surface area contributed by atoms with Crippen molar-refractivity contribution in [3.63, 3.8) is 0 Å². The van der Waals surface area contributed by atoms with E-state index in [0.29, 0.717) is 0 Å². The normalized spacial score (nSPS) is 11.4. The first kappa shape index (κ1) is 10.5. The highest BCUT2D eigenvalue weighted by Crippen LogP contribution is 2.30. The number of hydrogen-bond donors (Lipinski definition) is 0. The third kappa shape index (κ3) is 2.21. The van der Waals surface area contributed by atoms with Crippen molar-refractivity contribution in [3.8, 4) is 5.75 Å². The molecule has 0 aliphatic carbocycles. The SMILES string of the molecule is COc1cccnc1C(C)(C)CBr. The molecule has 72 valence electrons. The Morgan fingerprint density at radius 2 is 2.23 bits per heavy atom. The Labute approximate surface area is 87.5 Å². The summed E-state index contributed by atoms with van der Waals surface area (Å²) < 4.78 is 5.25. The summed E-state index contributed by atoms with van der Waals surface area (Å²) in [5.41, 5.74) is 1.00. The monoisotopic (exact) mass is 243 g/mol. The van der Waals surface area contributed by atoms with Crippen LogP contribution >= 0.6 is 15.9 Å². The molecule has 0 unspecified atom stereocenters. The molecule has 0 saturated carbocycles. The average Bonchev–Trinajstić information content (AvgIpc) is 2.18. The Morgan fingerprint density at radius 3 is 2.77 bits per heavy atom. The first-order chi connectivity index (χ1) is 6.11. The number of nitrogens with zero attached hydrogens (tertiary/aromatic N) is 1. The molecule has 0 saturated heterocycles. The van der Waals surface area contributed by atoms with Gasteiger partial charge >= 0.3 is 0 Å². The van der Waals surface area contributed by atoms with E-state index in [9.17, 15) is 0 Å². The third-order valence-corrected chi connectivity index (χ3v) is 3.37. The fourth-order valence-corrected chi connectivity index (χ4v) is 1.39. The minimum absolute atomic E-state index is 0.00655. The zero-order valence-corrected chi connectivity index (χ0v) is 9.76. The molecule has 13 heavy (non-hydrogen) atoms. The van der Waals surface area contributed by atoms with Crippen molar-refractivity contribution in [3.05, 3.63) is 24.0 Å². The maximum absolute atomic E-state index is 5.25. The van der Waals surface area contributed by atoms with Crippen LogP contribution in [-0.4, -0.2) is 17.4 Å². The van der Waals surface area contributed by atoms with Crippen LogP contribution in [0.5, 0.6) is 5.75 Å². The largest absolute Gasteiger partial charge is 0.495 e. The van der Waals surface area contributed by atoms with Gasteiger partial charge in [-0.25, -0.2) is 0 Å². The first-order valence-electron chi connectivity index (χ1n) is 4.17. The molecule has 0 N–H and O–H groups in total. The van der Waals surface area contributed by atoms with Crippen LogP contribution in [0.1, 0.15) is 19.5 Å². The second kappa shape index (κ2) is 4.09. The Hall–Kier alpha value is -0.570. The summed E-state index contributed by atoms with van der Waals surface area (Å²) in [5.74, 6) is 0.854. The van der Waals surface area contributed by atoms with Crippen LogP contribution in [0.3, 0.4) is 0 Å². The smallest absolute Gasteiger partial charge is 0.140 e. The van der Waals surface area contributed by atoms with E-state index >= 15 is 0 Å². The zero-order chi connectivity index (χ0) is 9.90. The Bertz CT molecular complexity index is 286. The molecular weight excluding hydrogens is 230 g/mol. The van der Waals surface area contributed by atoms with Gasteiger partial charge in [0.2, 0.25) is 0 Å². The van der Waals surface area contributed by atoms with Crippen LogP contribution in [0.2, 0.25) is 0 Å². The number of halogens is 1. The molecule has 0 atom stereocenters. The summed E-state index contributed by atoms with van der Waals surface area (Å²) in [6, 6.07) is 3.82. The van der Waals surface area contributed by atoms with E-state index in [2.05, 4.69) is 34.8 Å². The highest BCUT2D eigenvalue weighted by molar-refractivity contribution is 9.09. The Balaban J connectivity index is 3.12. The van der Waals surface area contributed by atoms with Crippen molar-refractivity contribution < 1.29 is 4.74 Å². The Morgan fingerprint density at radius 1 is 1.54 bits per heavy atom. The van der Waals surface area contributed by atoms with Crippen LogP contribution in [0.15, 0.2) is 18.3 Å². The van der Waals surface area contributed by atoms with Gasteiger partial charge in [-0.2, -0.15) is 0 Å². The lowest BCUT2D eigenvalue weighted by Crippen LogP contribution is -2.21. The van der Waals surface area contributed by atoms with E-state index < -0.39 is 0 Å². The van der Waals surface area contributed by atoms with Crippen molar-refractivity contribution >= 4 is 15.9 Å². The maximum Gasteiger partial charge on any atom is 0.140 e. The van der Waals surface area contributed by atoms with Crippen molar-refractivity contribution in [1.82, 2.24) is 4.98 Å². The number of rotatable bonds is 3. The number of aromatic nitrogens is 1. The molecule has 3 heteroatoms. The van der Waals surface area contributed by atoms with E-state index in [4.69, 9.17) is 4.74 Å². The topological polar surface area (TPSA) is 22.1 Å². The number of ether oxygens (including phenoxy) is 1. The molecule has 1 rings (SSSR count). The molecule has 0 fully saturated rings. The summed E-state index contributed by atoms with van der Waals surface area (Å²) in [6.07, 6.45) is 1.79. The van der Waals surface area contributed by atoms with Gasteiger partial charge < -0.3 is 4.74 Å². The van der Waals surface area contributed by atoms with Gasteiger partial charge in [0.05, 0.1) is 12.8 Å².